The molecule has 0 aromatic carbocycles. The number of esters is 1. The lowest BCUT2D eigenvalue weighted by atomic mass is 9.94. The summed E-state index contributed by atoms with van der Waals surface area (Å²) in [7, 11) is 2.97. The van der Waals surface area contributed by atoms with Gasteiger partial charge in [0.1, 0.15) is 0 Å². The van der Waals surface area contributed by atoms with Crippen LogP contribution < -0.4 is 5.48 Å². The summed E-state index contributed by atoms with van der Waals surface area (Å²) >= 11 is 0. The van der Waals surface area contributed by atoms with Gasteiger partial charge in [-0.1, -0.05) is 0 Å². The molecular weight excluding hydrogens is 186 g/mol. The van der Waals surface area contributed by atoms with Gasteiger partial charge in [0.15, 0.2) is 0 Å². The van der Waals surface area contributed by atoms with E-state index in [1.54, 1.807) is 21.0 Å². The topological polar surface area (TPSA) is 56.8 Å². The molecule has 5 heteroatoms. The molecular formula is C9H19NO4. The van der Waals surface area contributed by atoms with Crippen LogP contribution in [0.5, 0.6) is 0 Å². The lowest BCUT2D eigenvalue weighted by molar-refractivity contribution is -0.152. The van der Waals surface area contributed by atoms with Gasteiger partial charge in [0.2, 0.25) is 0 Å². The highest BCUT2D eigenvalue weighted by atomic mass is 16.7. The molecule has 0 aromatic heterocycles. The predicted molar refractivity (Wildman–Crippen MR) is 51.6 cm³/mol. The summed E-state index contributed by atoms with van der Waals surface area (Å²) < 4.78 is 9.42. The largest absolute Gasteiger partial charge is 0.469 e. The molecule has 0 fully saturated rings. The van der Waals surface area contributed by atoms with Crippen molar-refractivity contribution in [1.29, 1.82) is 0 Å². The van der Waals surface area contributed by atoms with Crippen molar-refractivity contribution in [1.82, 2.24) is 5.48 Å². The van der Waals surface area contributed by atoms with Crippen LogP contribution in [-0.4, -0.2) is 39.9 Å². The van der Waals surface area contributed by atoms with E-state index in [9.17, 15) is 4.79 Å². The zero-order valence-corrected chi connectivity index (χ0v) is 9.25. The number of carbonyl (C=O) groups is 1. The second kappa shape index (κ2) is 6.75. The molecule has 0 aromatic rings. The van der Waals surface area contributed by atoms with Crippen molar-refractivity contribution >= 4 is 5.97 Å². The maximum absolute atomic E-state index is 11.2. The number of ether oxygens (including phenoxy) is 2. The van der Waals surface area contributed by atoms with Gasteiger partial charge < -0.3 is 9.47 Å². The number of hydrogen-bond donors (Lipinski definition) is 1. The molecule has 14 heavy (non-hydrogen) atoms. The molecule has 0 spiro atoms. The number of hydroxylamine groups is 1. The van der Waals surface area contributed by atoms with E-state index in [4.69, 9.17) is 9.57 Å². The smallest absolute Gasteiger partial charge is 0.312 e. The van der Waals surface area contributed by atoms with Gasteiger partial charge in [-0.15, -0.1) is 0 Å². The molecule has 0 bridgehead atoms. The van der Waals surface area contributed by atoms with Crippen LogP contribution in [-0.2, 0) is 19.1 Å². The second-order valence-corrected chi connectivity index (χ2v) is 3.54. The van der Waals surface area contributed by atoms with E-state index in [1.807, 2.05) is 0 Å². The van der Waals surface area contributed by atoms with Crippen molar-refractivity contribution in [3.8, 4) is 0 Å². The highest BCUT2D eigenvalue weighted by Gasteiger charge is 2.28. The first-order valence-electron chi connectivity index (χ1n) is 4.46. The van der Waals surface area contributed by atoms with Gasteiger partial charge in [0.05, 0.1) is 25.7 Å². The Hall–Kier alpha value is -0.650. The van der Waals surface area contributed by atoms with Crippen LogP contribution in [0.3, 0.4) is 0 Å². The Morgan fingerprint density at radius 2 is 1.93 bits per heavy atom. The Kier molecular flexibility index (Phi) is 6.44. The first-order chi connectivity index (χ1) is 6.54. The number of nitrogens with one attached hydrogen (secondary N) is 1. The Balaban J connectivity index is 3.60. The highest BCUT2D eigenvalue weighted by molar-refractivity contribution is 5.75. The van der Waals surface area contributed by atoms with Gasteiger partial charge in [0, 0.05) is 13.7 Å². The molecule has 5 nitrogen and oxygen atoms in total. The molecule has 0 rings (SSSR count). The lowest BCUT2D eigenvalue weighted by Gasteiger charge is -2.21. The Labute approximate surface area is 84.7 Å². The van der Waals surface area contributed by atoms with Crippen LogP contribution >= 0.6 is 0 Å². The van der Waals surface area contributed by atoms with Gasteiger partial charge in [0.25, 0.3) is 0 Å². The molecule has 0 atom stereocenters. The van der Waals surface area contributed by atoms with Gasteiger partial charge in [-0.05, 0) is 13.8 Å². The Bertz CT molecular complexity index is 170. The van der Waals surface area contributed by atoms with Crippen molar-refractivity contribution < 1.29 is 19.1 Å². The van der Waals surface area contributed by atoms with Crippen LogP contribution in [0.15, 0.2) is 0 Å². The molecule has 84 valence electrons. The van der Waals surface area contributed by atoms with E-state index in [0.717, 1.165) is 0 Å². The standard InChI is InChI=1S/C9H19NO4/c1-9(2,8(11)13-4)7-10-14-6-5-12-3/h10H,5-7H2,1-4H3. The summed E-state index contributed by atoms with van der Waals surface area (Å²) in [6.07, 6.45) is 0. The molecule has 0 aliphatic rings. The average molecular weight is 205 g/mol. The monoisotopic (exact) mass is 205 g/mol. The van der Waals surface area contributed by atoms with Crippen LogP contribution in [0.4, 0.5) is 0 Å². The first kappa shape index (κ1) is 13.4. The average Bonchev–Trinajstić information content (AvgIpc) is 2.16. The van der Waals surface area contributed by atoms with Crippen LogP contribution in [0.2, 0.25) is 0 Å². The van der Waals surface area contributed by atoms with Crippen LogP contribution in [0.25, 0.3) is 0 Å². The Morgan fingerprint density at radius 1 is 1.29 bits per heavy atom. The van der Waals surface area contributed by atoms with E-state index in [0.29, 0.717) is 19.8 Å². The summed E-state index contributed by atoms with van der Waals surface area (Å²) in [5, 5.41) is 0. The van der Waals surface area contributed by atoms with Crippen molar-refractivity contribution in [3.05, 3.63) is 0 Å². The maximum atomic E-state index is 11.2. The summed E-state index contributed by atoms with van der Waals surface area (Å²) in [4.78, 5) is 16.2. The fraction of sp³-hybridized carbons (Fsp3) is 0.889. The normalized spacial score (nSPS) is 11.4. The fourth-order valence-electron chi connectivity index (χ4n) is 0.777. The zero-order valence-electron chi connectivity index (χ0n) is 9.25. The van der Waals surface area contributed by atoms with Gasteiger partial charge in [-0.3, -0.25) is 9.63 Å². The van der Waals surface area contributed by atoms with E-state index in [1.165, 1.54) is 7.11 Å². The molecule has 0 aliphatic heterocycles. The molecule has 0 saturated carbocycles. The number of hydrogen-bond acceptors (Lipinski definition) is 5. The van der Waals surface area contributed by atoms with E-state index in [-0.39, 0.29) is 5.97 Å². The van der Waals surface area contributed by atoms with E-state index < -0.39 is 5.41 Å². The fourth-order valence-corrected chi connectivity index (χ4v) is 0.777. The van der Waals surface area contributed by atoms with Gasteiger partial charge in [-0.2, -0.15) is 0 Å². The van der Waals surface area contributed by atoms with E-state index >= 15 is 0 Å². The summed E-state index contributed by atoms with van der Waals surface area (Å²) in [6.45, 7) is 4.94. The molecule has 0 aliphatic carbocycles. The van der Waals surface area contributed by atoms with Crippen LogP contribution in [0, 0.1) is 5.41 Å². The maximum Gasteiger partial charge on any atom is 0.312 e. The second-order valence-electron chi connectivity index (χ2n) is 3.54. The minimum absolute atomic E-state index is 0.264. The third kappa shape index (κ3) is 5.16. The summed E-state index contributed by atoms with van der Waals surface area (Å²) in [5.74, 6) is -0.264. The number of rotatable bonds is 7. The SMILES string of the molecule is COCCONCC(C)(C)C(=O)OC. The molecule has 0 radical (unpaired) electrons. The molecule has 0 heterocycles. The molecule has 1 N–H and O–H groups in total. The summed E-state index contributed by atoms with van der Waals surface area (Å²) in [5.41, 5.74) is 2.11. The number of carbonyl (C=O) groups excluding carboxylic acids is 1. The zero-order chi connectivity index (χ0) is 11.0. The van der Waals surface area contributed by atoms with Crippen molar-refractivity contribution in [2.24, 2.45) is 5.41 Å². The predicted octanol–water partition coefficient (Wildman–Crippen LogP) is 0.353. The third-order valence-corrected chi connectivity index (χ3v) is 1.74. The summed E-state index contributed by atoms with van der Waals surface area (Å²) in [6, 6.07) is 0. The molecule has 0 amide bonds. The first-order valence-corrected chi connectivity index (χ1v) is 4.46. The lowest BCUT2D eigenvalue weighted by Crippen LogP contribution is -2.37. The Morgan fingerprint density at radius 3 is 2.43 bits per heavy atom. The van der Waals surface area contributed by atoms with Crippen molar-refractivity contribution in [3.63, 3.8) is 0 Å². The third-order valence-electron chi connectivity index (χ3n) is 1.74. The van der Waals surface area contributed by atoms with E-state index in [2.05, 4.69) is 10.2 Å². The highest BCUT2D eigenvalue weighted by Crippen LogP contribution is 2.14. The van der Waals surface area contributed by atoms with Crippen LogP contribution in [0.1, 0.15) is 13.8 Å². The van der Waals surface area contributed by atoms with Crippen molar-refractivity contribution in [2.45, 2.75) is 13.8 Å². The molecule has 0 unspecified atom stereocenters. The van der Waals surface area contributed by atoms with Gasteiger partial charge in [-0.25, -0.2) is 5.48 Å². The minimum atomic E-state index is -0.582. The quantitative estimate of drug-likeness (QED) is 0.369. The van der Waals surface area contributed by atoms with Crippen molar-refractivity contribution in [2.75, 3.05) is 34.0 Å². The molecule has 0 saturated heterocycles. The minimum Gasteiger partial charge on any atom is -0.469 e. The number of methoxy groups -OCH3 is 2. The van der Waals surface area contributed by atoms with Gasteiger partial charge >= 0.3 is 5.97 Å².